The molecule has 2 rings (SSSR count). The van der Waals surface area contributed by atoms with Crippen LogP contribution in [0.25, 0.3) is 0 Å². The van der Waals surface area contributed by atoms with Crippen LogP contribution in [0.5, 0.6) is 0 Å². The highest BCUT2D eigenvalue weighted by molar-refractivity contribution is 5.88. The van der Waals surface area contributed by atoms with Gasteiger partial charge in [-0.25, -0.2) is 0 Å². The molecular formula is C14H20N4O. The molecule has 1 aliphatic heterocycles. The van der Waals surface area contributed by atoms with Crippen molar-refractivity contribution < 1.29 is 4.79 Å². The van der Waals surface area contributed by atoms with Gasteiger partial charge in [0.15, 0.2) is 5.96 Å². The van der Waals surface area contributed by atoms with Gasteiger partial charge in [0.05, 0.1) is 6.54 Å². The van der Waals surface area contributed by atoms with E-state index in [1.54, 1.807) is 0 Å². The Morgan fingerprint density at radius 3 is 2.74 bits per heavy atom. The second-order valence-electron chi connectivity index (χ2n) is 4.79. The van der Waals surface area contributed by atoms with Gasteiger partial charge in [0, 0.05) is 25.2 Å². The fraction of sp³-hybridized carbons (Fsp3) is 0.429. The van der Waals surface area contributed by atoms with Crippen LogP contribution in [-0.2, 0) is 11.2 Å². The standard InChI is InChI=1S/C14H20N4O/c1-10-9-16-14(17-10)15-8-7-12-3-5-13(6-4-12)18-11(2)19/h3-6,10H,7-9H2,1-2H3,(H,18,19)(H2,15,16,17). The fourth-order valence-corrected chi connectivity index (χ4v) is 1.94. The number of carbonyl (C=O) groups excluding carboxylic acids is 1. The van der Waals surface area contributed by atoms with E-state index in [-0.39, 0.29) is 5.91 Å². The second kappa shape index (κ2) is 6.22. The molecule has 5 nitrogen and oxygen atoms in total. The average molecular weight is 260 g/mol. The van der Waals surface area contributed by atoms with Gasteiger partial charge in [-0.3, -0.25) is 9.79 Å². The number of benzene rings is 1. The highest BCUT2D eigenvalue weighted by Crippen LogP contribution is 2.09. The molecule has 3 N–H and O–H groups in total. The van der Waals surface area contributed by atoms with Crippen LogP contribution in [0.4, 0.5) is 5.69 Å². The molecule has 1 heterocycles. The molecule has 0 aliphatic carbocycles. The van der Waals surface area contributed by atoms with Crippen molar-refractivity contribution in [1.29, 1.82) is 0 Å². The van der Waals surface area contributed by atoms with Crippen LogP contribution in [0.1, 0.15) is 19.4 Å². The number of guanidine groups is 1. The fourth-order valence-electron chi connectivity index (χ4n) is 1.94. The summed E-state index contributed by atoms with van der Waals surface area (Å²) in [7, 11) is 0. The SMILES string of the molecule is CC(=O)Nc1ccc(CCNC2=NCC(C)N2)cc1. The van der Waals surface area contributed by atoms with Crippen LogP contribution in [0.2, 0.25) is 0 Å². The van der Waals surface area contributed by atoms with Crippen molar-refractivity contribution in [3.8, 4) is 0 Å². The molecule has 0 saturated carbocycles. The van der Waals surface area contributed by atoms with Gasteiger partial charge in [-0.15, -0.1) is 0 Å². The van der Waals surface area contributed by atoms with Crippen LogP contribution in [-0.4, -0.2) is 31.0 Å². The number of nitrogens with zero attached hydrogens (tertiary/aromatic N) is 1. The van der Waals surface area contributed by atoms with Gasteiger partial charge in [0.25, 0.3) is 0 Å². The first-order chi connectivity index (χ1) is 9.13. The Bertz CT molecular complexity index is 467. The maximum absolute atomic E-state index is 10.9. The van der Waals surface area contributed by atoms with Gasteiger partial charge >= 0.3 is 0 Å². The first-order valence-corrected chi connectivity index (χ1v) is 6.55. The molecule has 19 heavy (non-hydrogen) atoms. The predicted octanol–water partition coefficient (Wildman–Crippen LogP) is 1.12. The topological polar surface area (TPSA) is 65.5 Å². The highest BCUT2D eigenvalue weighted by atomic mass is 16.1. The molecule has 0 saturated heterocycles. The first kappa shape index (κ1) is 13.4. The van der Waals surface area contributed by atoms with Gasteiger partial charge in [-0.2, -0.15) is 0 Å². The molecule has 0 spiro atoms. The van der Waals surface area contributed by atoms with E-state index in [1.807, 2.05) is 24.3 Å². The first-order valence-electron chi connectivity index (χ1n) is 6.55. The number of carbonyl (C=O) groups is 1. The predicted molar refractivity (Wildman–Crippen MR) is 77.4 cm³/mol. The molecule has 0 aromatic heterocycles. The number of nitrogens with one attached hydrogen (secondary N) is 3. The summed E-state index contributed by atoms with van der Waals surface area (Å²) in [6, 6.07) is 8.33. The molecule has 5 heteroatoms. The van der Waals surface area contributed by atoms with Crippen molar-refractivity contribution >= 4 is 17.6 Å². The molecule has 102 valence electrons. The normalized spacial score (nSPS) is 17.6. The van der Waals surface area contributed by atoms with Gasteiger partial charge in [0.2, 0.25) is 5.91 Å². The molecule has 1 aromatic rings. The summed E-state index contributed by atoms with van der Waals surface area (Å²) in [6.45, 7) is 5.30. The van der Waals surface area contributed by atoms with Crippen LogP contribution in [0.15, 0.2) is 29.3 Å². The van der Waals surface area contributed by atoms with E-state index < -0.39 is 0 Å². The zero-order valence-corrected chi connectivity index (χ0v) is 11.4. The third kappa shape index (κ3) is 4.28. The number of rotatable bonds is 4. The Balaban J connectivity index is 1.75. The van der Waals surface area contributed by atoms with Crippen LogP contribution in [0.3, 0.4) is 0 Å². The summed E-state index contributed by atoms with van der Waals surface area (Å²) in [5, 5.41) is 9.29. The number of hydrogen-bond acceptors (Lipinski definition) is 4. The van der Waals surface area contributed by atoms with Crippen molar-refractivity contribution in [3.63, 3.8) is 0 Å². The summed E-state index contributed by atoms with van der Waals surface area (Å²) in [5.41, 5.74) is 2.06. The zero-order chi connectivity index (χ0) is 13.7. The summed E-state index contributed by atoms with van der Waals surface area (Å²) < 4.78 is 0. The molecular weight excluding hydrogens is 240 g/mol. The van der Waals surface area contributed by atoms with Gasteiger partial charge in [0.1, 0.15) is 0 Å². The van der Waals surface area contributed by atoms with Gasteiger partial charge < -0.3 is 16.0 Å². The highest BCUT2D eigenvalue weighted by Gasteiger charge is 2.10. The Kier molecular flexibility index (Phi) is 4.39. The molecule has 0 bridgehead atoms. The summed E-state index contributed by atoms with van der Waals surface area (Å²) in [5.74, 6) is 0.844. The van der Waals surface area contributed by atoms with Crippen molar-refractivity contribution in [2.45, 2.75) is 26.3 Å². The van der Waals surface area contributed by atoms with Crippen molar-refractivity contribution in [3.05, 3.63) is 29.8 Å². The molecule has 1 amide bonds. The van der Waals surface area contributed by atoms with E-state index in [9.17, 15) is 4.79 Å². The van der Waals surface area contributed by atoms with E-state index >= 15 is 0 Å². The van der Waals surface area contributed by atoms with Crippen molar-refractivity contribution in [2.24, 2.45) is 4.99 Å². The van der Waals surface area contributed by atoms with E-state index in [4.69, 9.17) is 0 Å². The lowest BCUT2D eigenvalue weighted by Gasteiger charge is -2.09. The Labute approximate surface area is 113 Å². The minimum atomic E-state index is -0.0474. The third-order valence-electron chi connectivity index (χ3n) is 2.89. The molecule has 1 aromatic carbocycles. The minimum Gasteiger partial charge on any atom is -0.356 e. The van der Waals surface area contributed by atoms with Crippen LogP contribution >= 0.6 is 0 Å². The lowest BCUT2D eigenvalue weighted by Crippen LogP contribution is -2.38. The number of hydrogen-bond donors (Lipinski definition) is 3. The molecule has 1 atom stereocenters. The smallest absolute Gasteiger partial charge is 0.221 e. The Hall–Kier alpha value is -2.04. The van der Waals surface area contributed by atoms with Crippen molar-refractivity contribution in [1.82, 2.24) is 10.6 Å². The quantitative estimate of drug-likeness (QED) is 0.760. The van der Waals surface area contributed by atoms with Crippen molar-refractivity contribution in [2.75, 3.05) is 18.4 Å². The lowest BCUT2D eigenvalue weighted by atomic mass is 10.1. The maximum atomic E-state index is 10.9. The van der Waals surface area contributed by atoms with E-state index in [1.165, 1.54) is 12.5 Å². The molecule has 0 fully saturated rings. The Morgan fingerprint density at radius 2 is 2.16 bits per heavy atom. The average Bonchev–Trinajstić information content (AvgIpc) is 2.77. The van der Waals surface area contributed by atoms with Crippen LogP contribution in [0, 0.1) is 0 Å². The van der Waals surface area contributed by atoms with Gasteiger partial charge in [-0.1, -0.05) is 12.1 Å². The number of anilines is 1. The second-order valence-corrected chi connectivity index (χ2v) is 4.79. The number of amides is 1. The number of aliphatic imine (C=N–C) groups is 1. The van der Waals surface area contributed by atoms with E-state index in [2.05, 4.69) is 27.9 Å². The maximum Gasteiger partial charge on any atom is 0.221 e. The zero-order valence-electron chi connectivity index (χ0n) is 11.4. The third-order valence-corrected chi connectivity index (χ3v) is 2.89. The molecule has 1 unspecified atom stereocenters. The summed E-state index contributed by atoms with van der Waals surface area (Å²) >= 11 is 0. The lowest BCUT2D eigenvalue weighted by molar-refractivity contribution is -0.114. The minimum absolute atomic E-state index is 0.0474. The largest absolute Gasteiger partial charge is 0.356 e. The molecule has 0 radical (unpaired) electrons. The van der Waals surface area contributed by atoms with Gasteiger partial charge in [-0.05, 0) is 31.0 Å². The summed E-state index contributed by atoms with van der Waals surface area (Å²) in [4.78, 5) is 15.2. The monoisotopic (exact) mass is 260 g/mol. The molecule has 1 aliphatic rings. The van der Waals surface area contributed by atoms with E-state index in [0.717, 1.165) is 31.2 Å². The Morgan fingerprint density at radius 1 is 1.42 bits per heavy atom. The van der Waals surface area contributed by atoms with Crippen LogP contribution < -0.4 is 16.0 Å². The summed E-state index contributed by atoms with van der Waals surface area (Å²) in [6.07, 6.45) is 0.926. The van der Waals surface area contributed by atoms with E-state index in [0.29, 0.717) is 6.04 Å².